The Bertz CT molecular complexity index is 393. The van der Waals surface area contributed by atoms with Gasteiger partial charge in [-0.2, -0.15) is 4.39 Å². The molecular weight excluding hydrogens is 211 g/mol. The summed E-state index contributed by atoms with van der Waals surface area (Å²) in [6.45, 7) is 1.25. The Morgan fingerprint density at radius 1 is 1.60 bits per heavy atom. The molecule has 0 fully saturated rings. The zero-order valence-electron chi connectivity index (χ0n) is 7.80. The summed E-state index contributed by atoms with van der Waals surface area (Å²) in [7, 11) is 0. The third kappa shape index (κ3) is 2.45. The molecule has 1 heterocycles. The van der Waals surface area contributed by atoms with Gasteiger partial charge in [0.1, 0.15) is 0 Å². The summed E-state index contributed by atoms with van der Waals surface area (Å²) in [6.07, 6.45) is -2.71. The molecule has 1 aromatic rings. The Morgan fingerprint density at radius 2 is 2.20 bits per heavy atom. The number of nitrogens with zero attached hydrogens (tertiary/aromatic N) is 1. The molecule has 0 bridgehead atoms. The topological polar surface area (TPSA) is 50.2 Å². The van der Waals surface area contributed by atoms with Crippen LogP contribution in [0.3, 0.4) is 0 Å². The van der Waals surface area contributed by atoms with Gasteiger partial charge in [0.2, 0.25) is 5.95 Å². The molecule has 0 spiro atoms. The SMILES string of the molecule is Cc1c(C(F)F)cnc(F)c1CC(=O)O. The fourth-order valence-corrected chi connectivity index (χ4v) is 1.21. The van der Waals surface area contributed by atoms with E-state index in [0.717, 1.165) is 6.20 Å². The van der Waals surface area contributed by atoms with Crippen molar-refractivity contribution in [3.05, 3.63) is 28.8 Å². The van der Waals surface area contributed by atoms with Gasteiger partial charge in [-0.1, -0.05) is 0 Å². The number of carboxylic acids is 1. The molecule has 0 radical (unpaired) electrons. The first kappa shape index (κ1) is 11.5. The molecule has 0 saturated carbocycles. The van der Waals surface area contributed by atoms with Crippen LogP contribution in [0, 0.1) is 12.9 Å². The van der Waals surface area contributed by atoms with Gasteiger partial charge in [-0.05, 0) is 12.5 Å². The molecule has 0 unspecified atom stereocenters. The van der Waals surface area contributed by atoms with Gasteiger partial charge >= 0.3 is 5.97 Å². The standard InChI is InChI=1S/C9H8F3NO2/c1-4-5(2-7(14)15)9(12)13-3-6(4)8(10)11/h3,8H,2H2,1H3,(H,14,15). The maximum Gasteiger partial charge on any atom is 0.308 e. The number of rotatable bonds is 3. The van der Waals surface area contributed by atoms with Gasteiger partial charge in [-0.25, -0.2) is 13.8 Å². The first-order valence-corrected chi connectivity index (χ1v) is 4.07. The summed E-state index contributed by atoms with van der Waals surface area (Å²) in [5, 5.41) is 8.46. The molecule has 0 aromatic carbocycles. The zero-order chi connectivity index (χ0) is 11.6. The minimum atomic E-state index is -2.79. The lowest BCUT2D eigenvalue weighted by Crippen LogP contribution is -2.08. The molecule has 3 nitrogen and oxygen atoms in total. The number of carbonyl (C=O) groups is 1. The summed E-state index contributed by atoms with van der Waals surface area (Å²) in [5.74, 6) is -2.30. The summed E-state index contributed by atoms with van der Waals surface area (Å²) in [5.41, 5.74) is -0.784. The highest BCUT2D eigenvalue weighted by atomic mass is 19.3. The Morgan fingerprint density at radius 3 is 2.67 bits per heavy atom. The van der Waals surface area contributed by atoms with Crippen molar-refractivity contribution in [3.63, 3.8) is 0 Å². The molecule has 0 amide bonds. The Labute approximate surface area is 83.6 Å². The van der Waals surface area contributed by atoms with Crippen LogP contribution in [0.4, 0.5) is 13.2 Å². The van der Waals surface area contributed by atoms with E-state index in [1.54, 1.807) is 0 Å². The molecule has 0 aliphatic heterocycles. The Kier molecular flexibility index (Phi) is 3.28. The highest BCUT2D eigenvalue weighted by Gasteiger charge is 2.18. The van der Waals surface area contributed by atoms with Crippen molar-refractivity contribution in [1.82, 2.24) is 4.98 Å². The fraction of sp³-hybridized carbons (Fsp3) is 0.333. The van der Waals surface area contributed by atoms with E-state index in [9.17, 15) is 18.0 Å². The lowest BCUT2D eigenvalue weighted by molar-refractivity contribution is -0.136. The van der Waals surface area contributed by atoms with E-state index in [1.165, 1.54) is 6.92 Å². The molecule has 0 atom stereocenters. The number of pyridine rings is 1. The number of hydrogen-bond acceptors (Lipinski definition) is 2. The van der Waals surface area contributed by atoms with E-state index in [4.69, 9.17) is 5.11 Å². The van der Waals surface area contributed by atoms with E-state index >= 15 is 0 Å². The summed E-state index contributed by atoms with van der Waals surface area (Å²) >= 11 is 0. The van der Waals surface area contributed by atoms with E-state index in [1.807, 2.05) is 0 Å². The maximum atomic E-state index is 13.0. The van der Waals surface area contributed by atoms with Gasteiger partial charge in [0.15, 0.2) is 0 Å². The molecule has 15 heavy (non-hydrogen) atoms. The summed E-state index contributed by atoms with van der Waals surface area (Å²) < 4.78 is 37.8. The minimum absolute atomic E-state index is 0.0556. The van der Waals surface area contributed by atoms with E-state index < -0.39 is 30.3 Å². The van der Waals surface area contributed by atoms with Gasteiger partial charge in [0.05, 0.1) is 6.42 Å². The molecular formula is C9H8F3NO2. The lowest BCUT2D eigenvalue weighted by atomic mass is 10.0. The van der Waals surface area contributed by atoms with E-state index in [-0.39, 0.29) is 11.1 Å². The highest BCUT2D eigenvalue weighted by Crippen LogP contribution is 2.25. The first-order valence-electron chi connectivity index (χ1n) is 4.07. The van der Waals surface area contributed by atoms with Crippen LogP contribution in [0.5, 0.6) is 0 Å². The molecule has 0 aliphatic rings. The second-order valence-corrected chi connectivity index (χ2v) is 2.98. The number of hydrogen-bond donors (Lipinski definition) is 1. The Hall–Kier alpha value is -1.59. The van der Waals surface area contributed by atoms with Crippen molar-refractivity contribution in [2.75, 3.05) is 0 Å². The van der Waals surface area contributed by atoms with Crippen LogP contribution in [-0.2, 0) is 11.2 Å². The average molecular weight is 219 g/mol. The van der Waals surface area contributed by atoms with Gasteiger partial charge < -0.3 is 5.11 Å². The smallest absolute Gasteiger partial charge is 0.308 e. The fourth-order valence-electron chi connectivity index (χ4n) is 1.21. The van der Waals surface area contributed by atoms with E-state index in [0.29, 0.717) is 0 Å². The number of alkyl halides is 2. The number of aromatic nitrogens is 1. The number of aliphatic carboxylic acids is 1. The molecule has 82 valence electrons. The van der Waals surface area contributed by atoms with Gasteiger partial charge in [-0.15, -0.1) is 0 Å². The second kappa shape index (κ2) is 4.29. The number of carboxylic acid groups (broad SMARTS) is 1. The van der Waals surface area contributed by atoms with Crippen molar-refractivity contribution in [2.45, 2.75) is 19.8 Å². The monoisotopic (exact) mass is 219 g/mol. The van der Waals surface area contributed by atoms with Crippen molar-refractivity contribution in [1.29, 1.82) is 0 Å². The predicted octanol–water partition coefficient (Wildman–Crippen LogP) is 2.09. The summed E-state index contributed by atoms with van der Waals surface area (Å²) in [4.78, 5) is 13.5. The largest absolute Gasteiger partial charge is 0.481 e. The third-order valence-corrected chi connectivity index (χ3v) is 2.01. The van der Waals surface area contributed by atoms with Crippen LogP contribution < -0.4 is 0 Å². The normalized spacial score (nSPS) is 10.7. The maximum absolute atomic E-state index is 13.0. The van der Waals surface area contributed by atoms with Crippen LogP contribution in [0.1, 0.15) is 23.1 Å². The third-order valence-electron chi connectivity index (χ3n) is 2.01. The van der Waals surface area contributed by atoms with Crippen molar-refractivity contribution >= 4 is 5.97 Å². The van der Waals surface area contributed by atoms with Crippen LogP contribution >= 0.6 is 0 Å². The van der Waals surface area contributed by atoms with Crippen LogP contribution in [0.2, 0.25) is 0 Å². The molecule has 1 N–H and O–H groups in total. The van der Waals surface area contributed by atoms with Crippen LogP contribution in [-0.4, -0.2) is 16.1 Å². The van der Waals surface area contributed by atoms with Crippen LogP contribution in [0.15, 0.2) is 6.20 Å². The predicted molar refractivity (Wildman–Crippen MR) is 45.2 cm³/mol. The second-order valence-electron chi connectivity index (χ2n) is 2.98. The van der Waals surface area contributed by atoms with Crippen LogP contribution in [0.25, 0.3) is 0 Å². The minimum Gasteiger partial charge on any atom is -0.481 e. The molecule has 0 saturated heterocycles. The molecule has 1 rings (SSSR count). The lowest BCUT2D eigenvalue weighted by Gasteiger charge is -2.09. The molecule has 0 aliphatic carbocycles. The molecule has 1 aromatic heterocycles. The average Bonchev–Trinajstić information content (AvgIpc) is 2.11. The molecule has 6 heteroatoms. The first-order chi connectivity index (χ1) is 6.93. The summed E-state index contributed by atoms with van der Waals surface area (Å²) in [6, 6.07) is 0. The zero-order valence-corrected chi connectivity index (χ0v) is 7.80. The van der Waals surface area contributed by atoms with Gasteiger partial charge in [0.25, 0.3) is 6.43 Å². The Balaban J connectivity index is 3.23. The quantitative estimate of drug-likeness (QED) is 0.792. The van der Waals surface area contributed by atoms with Crippen molar-refractivity contribution in [2.24, 2.45) is 0 Å². The van der Waals surface area contributed by atoms with Gasteiger partial charge in [-0.3, -0.25) is 4.79 Å². The van der Waals surface area contributed by atoms with Crippen molar-refractivity contribution in [3.8, 4) is 0 Å². The van der Waals surface area contributed by atoms with Gasteiger partial charge in [0, 0.05) is 17.3 Å². The number of halogens is 3. The van der Waals surface area contributed by atoms with Crippen molar-refractivity contribution < 1.29 is 23.1 Å². The van der Waals surface area contributed by atoms with E-state index in [2.05, 4.69) is 4.98 Å². The highest BCUT2D eigenvalue weighted by molar-refractivity contribution is 5.70.